The standard InChI is InChI=1S/C19H21N5O/c1-13-10-14(2)24(22-13)12-15-6-5-9-23(15)19(25)18-11-20-16-7-3-4-8-17(16)21-18/h3-4,7-8,10-11,15H,5-6,9,12H2,1-2H3/t15-/m0/s1. The molecule has 1 aliphatic rings. The normalized spacial score (nSPS) is 17.4. The van der Waals surface area contributed by atoms with Gasteiger partial charge in [-0.05, 0) is 44.9 Å². The summed E-state index contributed by atoms with van der Waals surface area (Å²) in [5, 5.41) is 4.53. The van der Waals surface area contributed by atoms with E-state index in [1.54, 1.807) is 6.20 Å². The monoisotopic (exact) mass is 335 g/mol. The van der Waals surface area contributed by atoms with Crippen LogP contribution in [0, 0.1) is 13.8 Å². The Balaban J connectivity index is 1.58. The van der Waals surface area contributed by atoms with Crippen LogP contribution in [0.5, 0.6) is 0 Å². The van der Waals surface area contributed by atoms with Crippen molar-refractivity contribution in [3.63, 3.8) is 0 Å². The molecule has 1 fully saturated rings. The van der Waals surface area contributed by atoms with E-state index in [0.717, 1.165) is 48.4 Å². The highest BCUT2D eigenvalue weighted by atomic mass is 16.2. The molecule has 1 atom stereocenters. The highest BCUT2D eigenvalue weighted by molar-refractivity contribution is 5.94. The van der Waals surface area contributed by atoms with Crippen LogP contribution in [0.4, 0.5) is 0 Å². The molecule has 4 rings (SSSR count). The minimum atomic E-state index is -0.0396. The van der Waals surface area contributed by atoms with Crippen LogP contribution in [0.3, 0.4) is 0 Å². The smallest absolute Gasteiger partial charge is 0.274 e. The van der Waals surface area contributed by atoms with Gasteiger partial charge in [0.15, 0.2) is 0 Å². The molecule has 0 N–H and O–H groups in total. The van der Waals surface area contributed by atoms with E-state index >= 15 is 0 Å². The van der Waals surface area contributed by atoms with Crippen LogP contribution in [0.25, 0.3) is 11.0 Å². The van der Waals surface area contributed by atoms with Crippen molar-refractivity contribution in [1.82, 2.24) is 24.6 Å². The Hall–Kier alpha value is -2.76. The molecule has 0 bridgehead atoms. The van der Waals surface area contributed by atoms with Gasteiger partial charge in [0, 0.05) is 12.2 Å². The van der Waals surface area contributed by atoms with Gasteiger partial charge in [-0.15, -0.1) is 0 Å². The Labute approximate surface area is 146 Å². The van der Waals surface area contributed by atoms with Crippen LogP contribution in [0.2, 0.25) is 0 Å². The first kappa shape index (κ1) is 15.7. The maximum Gasteiger partial charge on any atom is 0.274 e. The number of nitrogens with zero attached hydrogens (tertiary/aromatic N) is 5. The van der Waals surface area contributed by atoms with Gasteiger partial charge in [0.2, 0.25) is 0 Å². The van der Waals surface area contributed by atoms with Crippen LogP contribution < -0.4 is 0 Å². The molecular formula is C19H21N5O. The number of carbonyl (C=O) groups excluding carboxylic acids is 1. The maximum atomic E-state index is 13.0. The van der Waals surface area contributed by atoms with Crippen molar-refractivity contribution in [3.05, 3.63) is 53.6 Å². The average Bonchev–Trinajstić information content (AvgIpc) is 3.20. The lowest BCUT2D eigenvalue weighted by molar-refractivity contribution is 0.0715. The molecule has 128 valence electrons. The molecule has 1 aromatic carbocycles. The van der Waals surface area contributed by atoms with Crippen LogP contribution in [0.1, 0.15) is 34.7 Å². The summed E-state index contributed by atoms with van der Waals surface area (Å²) in [6.45, 7) is 5.53. The van der Waals surface area contributed by atoms with Crippen LogP contribution in [-0.2, 0) is 6.54 Å². The predicted molar refractivity (Wildman–Crippen MR) is 95.3 cm³/mol. The fourth-order valence-electron chi connectivity index (χ4n) is 3.56. The van der Waals surface area contributed by atoms with Crippen molar-refractivity contribution in [2.75, 3.05) is 6.54 Å². The molecular weight excluding hydrogens is 314 g/mol. The van der Waals surface area contributed by atoms with Crippen LogP contribution in [0.15, 0.2) is 36.5 Å². The third-order valence-electron chi connectivity index (χ3n) is 4.79. The van der Waals surface area contributed by atoms with Gasteiger partial charge in [0.05, 0.1) is 35.5 Å². The molecule has 6 nitrogen and oxygen atoms in total. The number of fused-ring (bicyclic) bond motifs is 1. The maximum absolute atomic E-state index is 13.0. The first-order valence-corrected chi connectivity index (χ1v) is 8.65. The summed E-state index contributed by atoms with van der Waals surface area (Å²) in [4.78, 5) is 23.8. The summed E-state index contributed by atoms with van der Waals surface area (Å²) in [6, 6.07) is 9.83. The van der Waals surface area contributed by atoms with Crippen molar-refractivity contribution in [2.45, 2.75) is 39.3 Å². The second kappa shape index (κ2) is 6.27. The van der Waals surface area contributed by atoms with E-state index < -0.39 is 0 Å². The number of aromatic nitrogens is 4. The summed E-state index contributed by atoms with van der Waals surface area (Å²) >= 11 is 0. The number of hydrogen-bond acceptors (Lipinski definition) is 4. The first-order valence-electron chi connectivity index (χ1n) is 8.65. The van der Waals surface area contributed by atoms with E-state index in [-0.39, 0.29) is 11.9 Å². The van der Waals surface area contributed by atoms with Crippen molar-refractivity contribution >= 4 is 16.9 Å². The van der Waals surface area contributed by atoms with Crippen molar-refractivity contribution in [1.29, 1.82) is 0 Å². The molecule has 3 aromatic rings. The van der Waals surface area contributed by atoms with Gasteiger partial charge in [-0.3, -0.25) is 14.5 Å². The first-order chi connectivity index (χ1) is 12.1. The Morgan fingerprint density at radius 1 is 1.24 bits per heavy atom. The molecule has 0 unspecified atom stereocenters. The third kappa shape index (κ3) is 2.99. The van der Waals surface area contributed by atoms with Crippen LogP contribution >= 0.6 is 0 Å². The van der Waals surface area contributed by atoms with Crippen molar-refractivity contribution in [2.24, 2.45) is 0 Å². The molecule has 0 radical (unpaired) electrons. The highest BCUT2D eigenvalue weighted by Crippen LogP contribution is 2.22. The van der Waals surface area contributed by atoms with Gasteiger partial charge in [0.25, 0.3) is 5.91 Å². The Morgan fingerprint density at radius 2 is 2.04 bits per heavy atom. The highest BCUT2D eigenvalue weighted by Gasteiger charge is 2.31. The quantitative estimate of drug-likeness (QED) is 0.738. The number of rotatable bonds is 3. The molecule has 3 heterocycles. The lowest BCUT2D eigenvalue weighted by Gasteiger charge is -2.24. The predicted octanol–water partition coefficient (Wildman–Crippen LogP) is 2.75. The van der Waals surface area contributed by atoms with E-state index in [2.05, 4.69) is 28.1 Å². The van der Waals surface area contributed by atoms with Gasteiger partial charge >= 0.3 is 0 Å². The molecule has 1 amide bonds. The van der Waals surface area contributed by atoms with Gasteiger partial charge in [-0.1, -0.05) is 12.1 Å². The number of likely N-dealkylation sites (tertiary alicyclic amines) is 1. The lowest BCUT2D eigenvalue weighted by Crippen LogP contribution is -2.39. The van der Waals surface area contributed by atoms with E-state index in [1.807, 2.05) is 40.8 Å². The zero-order chi connectivity index (χ0) is 17.4. The lowest BCUT2D eigenvalue weighted by atomic mass is 10.2. The van der Waals surface area contributed by atoms with Crippen molar-refractivity contribution in [3.8, 4) is 0 Å². The van der Waals surface area contributed by atoms with E-state index in [4.69, 9.17) is 0 Å². The number of hydrogen-bond donors (Lipinski definition) is 0. The molecule has 0 saturated carbocycles. The number of benzene rings is 1. The SMILES string of the molecule is Cc1cc(C)n(C[C@@H]2CCCN2C(=O)c2cnc3ccccc3n2)n1. The fourth-order valence-corrected chi connectivity index (χ4v) is 3.56. The summed E-state index contributed by atoms with van der Waals surface area (Å²) in [7, 11) is 0. The number of para-hydroxylation sites is 2. The second-order valence-corrected chi connectivity index (χ2v) is 6.65. The molecule has 2 aromatic heterocycles. The van der Waals surface area contributed by atoms with E-state index in [0.29, 0.717) is 5.69 Å². The minimum absolute atomic E-state index is 0.0396. The largest absolute Gasteiger partial charge is 0.332 e. The average molecular weight is 335 g/mol. The van der Waals surface area contributed by atoms with Crippen molar-refractivity contribution < 1.29 is 4.79 Å². The molecule has 0 aliphatic carbocycles. The van der Waals surface area contributed by atoms with Gasteiger partial charge in [0.1, 0.15) is 5.69 Å². The van der Waals surface area contributed by atoms with Gasteiger partial charge in [-0.2, -0.15) is 5.10 Å². The Morgan fingerprint density at radius 3 is 2.80 bits per heavy atom. The van der Waals surface area contributed by atoms with Crippen LogP contribution in [-0.4, -0.2) is 43.1 Å². The molecule has 6 heteroatoms. The second-order valence-electron chi connectivity index (χ2n) is 6.65. The van der Waals surface area contributed by atoms with E-state index in [1.165, 1.54) is 0 Å². The summed E-state index contributed by atoms with van der Waals surface area (Å²) in [5.41, 5.74) is 4.11. The van der Waals surface area contributed by atoms with Gasteiger partial charge < -0.3 is 4.90 Å². The molecule has 1 aliphatic heterocycles. The molecule has 1 saturated heterocycles. The minimum Gasteiger partial charge on any atom is -0.332 e. The summed E-state index contributed by atoms with van der Waals surface area (Å²) in [6.07, 6.45) is 3.59. The third-order valence-corrected chi connectivity index (χ3v) is 4.79. The fraction of sp³-hybridized carbons (Fsp3) is 0.368. The van der Waals surface area contributed by atoms with E-state index in [9.17, 15) is 4.79 Å². The van der Waals surface area contributed by atoms with Gasteiger partial charge in [-0.25, -0.2) is 4.98 Å². The Bertz CT molecular complexity index is 932. The summed E-state index contributed by atoms with van der Waals surface area (Å²) < 4.78 is 2.00. The zero-order valence-electron chi connectivity index (χ0n) is 14.5. The number of carbonyl (C=O) groups is 1. The Kier molecular flexibility index (Phi) is 3.95. The summed E-state index contributed by atoms with van der Waals surface area (Å²) in [5.74, 6) is -0.0396. The topological polar surface area (TPSA) is 63.9 Å². The number of aryl methyl sites for hydroxylation is 2. The molecule has 25 heavy (non-hydrogen) atoms. The molecule has 0 spiro atoms. The zero-order valence-corrected chi connectivity index (χ0v) is 14.5. The number of amides is 1.